The molecule has 1 aromatic heterocycles. The summed E-state index contributed by atoms with van der Waals surface area (Å²) in [5.41, 5.74) is 10.8. The first-order chi connectivity index (χ1) is 16.0. The zero-order valence-corrected chi connectivity index (χ0v) is 19.3. The maximum atomic E-state index is 11.2. The van der Waals surface area contributed by atoms with Crippen molar-refractivity contribution < 1.29 is 9.53 Å². The second-order valence-electron chi connectivity index (χ2n) is 7.69. The maximum Gasteiger partial charge on any atom is 0.224 e. The number of amides is 1. The minimum Gasteiger partial charge on any atom is -0.372 e. The normalized spacial score (nSPS) is 12.7. The predicted molar refractivity (Wildman–Crippen MR) is 131 cm³/mol. The van der Waals surface area contributed by atoms with Crippen LogP contribution in [0, 0.1) is 0 Å². The summed E-state index contributed by atoms with van der Waals surface area (Å²) < 4.78 is 5.68. The summed E-state index contributed by atoms with van der Waals surface area (Å²) in [4.78, 5) is 24.6. The molecule has 2 heterocycles. The number of hydrogen-bond acceptors (Lipinski definition) is 7. The van der Waals surface area contributed by atoms with Crippen molar-refractivity contribution in [3.05, 3.63) is 70.2 Å². The van der Waals surface area contributed by atoms with Crippen molar-refractivity contribution in [2.24, 2.45) is 0 Å². The Hall–Kier alpha value is -3.20. The van der Waals surface area contributed by atoms with Gasteiger partial charge in [-0.05, 0) is 45.7 Å². The van der Waals surface area contributed by atoms with Gasteiger partial charge in [-0.2, -0.15) is 9.97 Å². The van der Waals surface area contributed by atoms with E-state index in [9.17, 15) is 4.79 Å². The fourth-order valence-electron chi connectivity index (χ4n) is 3.93. The van der Waals surface area contributed by atoms with Crippen LogP contribution in [0.5, 0.6) is 0 Å². The van der Waals surface area contributed by atoms with Gasteiger partial charge >= 0.3 is 0 Å². The molecule has 1 aliphatic rings. The summed E-state index contributed by atoms with van der Waals surface area (Å²) in [6.45, 7) is 2.57. The maximum absolute atomic E-state index is 11.2. The van der Waals surface area contributed by atoms with Crippen LogP contribution >= 0.6 is 23.4 Å². The topological polar surface area (TPSA) is 103 Å². The van der Waals surface area contributed by atoms with Gasteiger partial charge in [-0.25, -0.2) is 4.98 Å². The van der Waals surface area contributed by atoms with Gasteiger partial charge in [0.1, 0.15) is 0 Å². The Labute approximate surface area is 199 Å². The third-order valence-electron chi connectivity index (χ3n) is 5.29. The summed E-state index contributed by atoms with van der Waals surface area (Å²) in [6, 6.07) is 15.6. The van der Waals surface area contributed by atoms with E-state index in [0.717, 1.165) is 38.7 Å². The lowest BCUT2D eigenvalue weighted by molar-refractivity contribution is -0.114. The second-order valence-corrected chi connectivity index (χ2v) is 9.04. The molecule has 1 amide bonds. The summed E-state index contributed by atoms with van der Waals surface area (Å²) >= 11 is 8.15. The molecule has 0 atom stereocenters. The number of carbonyl (C=O) groups excluding carboxylic acids is 1. The highest BCUT2D eigenvalue weighted by Gasteiger charge is 2.21. The number of aromatic nitrogens is 3. The smallest absolute Gasteiger partial charge is 0.224 e. The van der Waals surface area contributed by atoms with Crippen LogP contribution in [-0.4, -0.2) is 20.9 Å². The van der Waals surface area contributed by atoms with E-state index in [1.54, 1.807) is 0 Å². The van der Waals surface area contributed by atoms with Crippen molar-refractivity contribution in [3.8, 4) is 11.4 Å². The van der Waals surface area contributed by atoms with Crippen molar-refractivity contribution in [1.82, 2.24) is 15.0 Å². The molecule has 1 aliphatic heterocycles. The monoisotopic (exact) mass is 477 g/mol. The molecule has 0 unspecified atom stereocenters. The van der Waals surface area contributed by atoms with Crippen molar-refractivity contribution >= 4 is 51.7 Å². The molecule has 3 N–H and O–H groups in total. The van der Waals surface area contributed by atoms with Gasteiger partial charge in [-0.15, -0.1) is 0 Å². The van der Waals surface area contributed by atoms with Crippen LogP contribution in [0.3, 0.4) is 0 Å². The van der Waals surface area contributed by atoms with Gasteiger partial charge < -0.3 is 15.8 Å². The SMILES string of the molecule is CC(=O)Nc1ccc(CSc2nc(N)nc(-c3c(Cl)cc4c5c(cccc35)COC4)n2)cc1. The van der Waals surface area contributed by atoms with E-state index in [1.807, 2.05) is 42.5 Å². The number of rotatable bonds is 5. The number of hydrogen-bond donors (Lipinski definition) is 2. The van der Waals surface area contributed by atoms with Crippen LogP contribution in [0.25, 0.3) is 22.2 Å². The molecule has 0 radical (unpaired) electrons. The van der Waals surface area contributed by atoms with Gasteiger partial charge in [-0.3, -0.25) is 4.79 Å². The quantitative estimate of drug-likeness (QED) is 0.380. The summed E-state index contributed by atoms with van der Waals surface area (Å²) in [5, 5.41) is 5.94. The van der Waals surface area contributed by atoms with Gasteiger partial charge in [0.2, 0.25) is 11.9 Å². The minimum atomic E-state index is -0.102. The fourth-order valence-corrected chi connectivity index (χ4v) is 5.05. The van der Waals surface area contributed by atoms with Crippen molar-refractivity contribution in [2.75, 3.05) is 11.1 Å². The van der Waals surface area contributed by atoms with E-state index in [4.69, 9.17) is 22.1 Å². The third-order valence-corrected chi connectivity index (χ3v) is 6.51. The number of anilines is 2. The summed E-state index contributed by atoms with van der Waals surface area (Å²) in [5.74, 6) is 1.13. The van der Waals surface area contributed by atoms with E-state index < -0.39 is 0 Å². The Kier molecular flexibility index (Phi) is 5.88. The molecule has 166 valence electrons. The Morgan fingerprint density at radius 3 is 2.70 bits per heavy atom. The predicted octanol–water partition coefficient (Wildman–Crippen LogP) is 5.21. The van der Waals surface area contributed by atoms with Gasteiger partial charge in [0, 0.05) is 23.9 Å². The lowest BCUT2D eigenvalue weighted by Gasteiger charge is -2.20. The Bertz CT molecular complexity index is 1380. The largest absolute Gasteiger partial charge is 0.372 e. The highest BCUT2D eigenvalue weighted by atomic mass is 35.5. The summed E-state index contributed by atoms with van der Waals surface area (Å²) in [7, 11) is 0. The van der Waals surface area contributed by atoms with Gasteiger partial charge in [0.05, 0.1) is 18.2 Å². The lowest BCUT2D eigenvalue weighted by Crippen LogP contribution is -2.07. The molecule has 0 saturated carbocycles. The molecular weight excluding hydrogens is 458 g/mol. The Morgan fingerprint density at radius 1 is 1.12 bits per heavy atom. The first kappa shape index (κ1) is 21.6. The van der Waals surface area contributed by atoms with Crippen molar-refractivity contribution in [2.45, 2.75) is 31.0 Å². The van der Waals surface area contributed by atoms with E-state index in [2.05, 4.69) is 26.3 Å². The number of ether oxygens (including phenoxy) is 1. The first-order valence-electron chi connectivity index (χ1n) is 10.3. The molecule has 4 aromatic rings. The molecule has 9 heteroatoms. The standard InChI is InChI=1S/C24H20ClN5O2S/c1-13(31)27-17-7-5-14(6-8-17)12-33-24-29-22(28-23(26)30-24)21-18-4-2-3-15-10-32-11-16(20(15)18)9-19(21)25/h2-9H,10-12H2,1H3,(H,27,31)(H2,26,28,29,30). The van der Waals surface area contributed by atoms with Gasteiger partial charge in [0.25, 0.3) is 0 Å². The molecule has 0 saturated heterocycles. The Morgan fingerprint density at radius 2 is 1.91 bits per heavy atom. The molecule has 0 aliphatic carbocycles. The number of benzene rings is 3. The third kappa shape index (κ3) is 4.50. The number of nitrogen functional groups attached to an aromatic ring is 1. The van der Waals surface area contributed by atoms with E-state index >= 15 is 0 Å². The van der Waals surface area contributed by atoms with Gasteiger partial charge in [0.15, 0.2) is 11.0 Å². The molecule has 5 rings (SSSR count). The second kappa shape index (κ2) is 8.97. The van der Waals surface area contributed by atoms with Crippen LogP contribution in [0.4, 0.5) is 11.6 Å². The lowest BCUT2D eigenvalue weighted by atomic mass is 9.94. The molecular formula is C24H20ClN5O2S. The average Bonchev–Trinajstić information content (AvgIpc) is 2.78. The highest BCUT2D eigenvalue weighted by Crippen LogP contribution is 2.40. The molecule has 0 spiro atoms. The first-order valence-corrected chi connectivity index (χ1v) is 11.7. The molecule has 0 bridgehead atoms. The number of nitrogens with zero attached hydrogens (tertiary/aromatic N) is 3. The highest BCUT2D eigenvalue weighted by molar-refractivity contribution is 7.98. The van der Waals surface area contributed by atoms with E-state index in [0.29, 0.717) is 35.0 Å². The number of thioether (sulfide) groups is 1. The fraction of sp³-hybridized carbons (Fsp3) is 0.167. The van der Waals surface area contributed by atoms with Crippen LogP contribution in [-0.2, 0) is 28.5 Å². The number of nitrogens with two attached hydrogens (primary N) is 1. The van der Waals surface area contributed by atoms with Gasteiger partial charge in [-0.1, -0.05) is 53.7 Å². The van der Waals surface area contributed by atoms with Crippen LogP contribution in [0.1, 0.15) is 23.6 Å². The van der Waals surface area contributed by atoms with Crippen LogP contribution in [0.2, 0.25) is 5.02 Å². The number of carbonyl (C=O) groups is 1. The molecule has 7 nitrogen and oxygen atoms in total. The minimum absolute atomic E-state index is 0.102. The Balaban J connectivity index is 1.46. The van der Waals surface area contributed by atoms with Crippen molar-refractivity contribution in [3.63, 3.8) is 0 Å². The average molecular weight is 478 g/mol. The zero-order valence-electron chi connectivity index (χ0n) is 17.8. The number of halogens is 1. The zero-order chi connectivity index (χ0) is 22.9. The van der Waals surface area contributed by atoms with E-state index in [-0.39, 0.29) is 11.9 Å². The number of nitrogens with one attached hydrogen (secondary N) is 1. The van der Waals surface area contributed by atoms with Crippen LogP contribution < -0.4 is 11.1 Å². The summed E-state index contributed by atoms with van der Waals surface area (Å²) in [6.07, 6.45) is 0. The van der Waals surface area contributed by atoms with Crippen LogP contribution in [0.15, 0.2) is 53.7 Å². The molecule has 33 heavy (non-hydrogen) atoms. The molecule has 0 fully saturated rings. The van der Waals surface area contributed by atoms with Crippen molar-refractivity contribution in [1.29, 1.82) is 0 Å². The van der Waals surface area contributed by atoms with E-state index in [1.165, 1.54) is 18.7 Å². The molecule has 3 aromatic carbocycles.